The second kappa shape index (κ2) is 8.95. The van der Waals surface area contributed by atoms with Crippen LogP contribution in [0.15, 0.2) is 36.4 Å². The summed E-state index contributed by atoms with van der Waals surface area (Å²) in [5, 5.41) is 12.3. The van der Waals surface area contributed by atoms with E-state index >= 15 is 0 Å². The standard InChI is InChI=1S/C21H23N3O3S/c1-4-17-13(2)22-21(18-10-9-16(28-18)12-27-3)24-20(17)23-15-7-5-14(6-8-15)11-19(25)26/h5-10H,4,11-12H2,1-3H3,(H,25,26)(H,22,23,24). The van der Waals surface area contributed by atoms with Crippen molar-refractivity contribution in [1.82, 2.24) is 9.97 Å². The number of ether oxygens (including phenoxy) is 1. The number of benzene rings is 1. The lowest BCUT2D eigenvalue weighted by Crippen LogP contribution is -2.05. The summed E-state index contributed by atoms with van der Waals surface area (Å²) in [6.07, 6.45) is 0.824. The number of aryl methyl sites for hydroxylation is 1. The van der Waals surface area contributed by atoms with E-state index in [0.29, 0.717) is 12.4 Å². The summed E-state index contributed by atoms with van der Waals surface area (Å²) >= 11 is 1.62. The highest BCUT2D eigenvalue weighted by atomic mass is 32.1. The molecule has 2 heterocycles. The number of carbonyl (C=O) groups is 1. The van der Waals surface area contributed by atoms with E-state index in [1.807, 2.05) is 43.3 Å². The van der Waals surface area contributed by atoms with E-state index in [4.69, 9.17) is 14.8 Å². The predicted molar refractivity (Wildman–Crippen MR) is 111 cm³/mol. The number of carboxylic acid groups (broad SMARTS) is 1. The number of thiophene rings is 1. The molecule has 0 aliphatic heterocycles. The van der Waals surface area contributed by atoms with Crippen molar-refractivity contribution < 1.29 is 14.6 Å². The highest BCUT2D eigenvalue weighted by Crippen LogP contribution is 2.30. The molecule has 28 heavy (non-hydrogen) atoms. The van der Waals surface area contributed by atoms with E-state index in [9.17, 15) is 4.79 Å². The molecule has 0 saturated heterocycles. The van der Waals surface area contributed by atoms with E-state index < -0.39 is 5.97 Å². The first-order valence-electron chi connectivity index (χ1n) is 9.03. The average molecular weight is 398 g/mol. The molecule has 0 amide bonds. The molecular weight excluding hydrogens is 374 g/mol. The fourth-order valence-corrected chi connectivity index (χ4v) is 3.88. The molecule has 7 heteroatoms. The van der Waals surface area contributed by atoms with Crippen molar-refractivity contribution in [2.75, 3.05) is 12.4 Å². The van der Waals surface area contributed by atoms with E-state index in [2.05, 4.69) is 17.2 Å². The van der Waals surface area contributed by atoms with Gasteiger partial charge in [0.05, 0.1) is 17.9 Å². The number of carboxylic acids is 1. The molecule has 0 aliphatic carbocycles. The highest BCUT2D eigenvalue weighted by molar-refractivity contribution is 7.15. The summed E-state index contributed by atoms with van der Waals surface area (Å²) in [4.78, 5) is 22.4. The summed E-state index contributed by atoms with van der Waals surface area (Å²) in [7, 11) is 1.68. The van der Waals surface area contributed by atoms with Crippen LogP contribution >= 0.6 is 11.3 Å². The molecule has 0 unspecified atom stereocenters. The summed E-state index contributed by atoms with van der Waals surface area (Å²) in [5.41, 5.74) is 3.63. The van der Waals surface area contributed by atoms with E-state index in [1.165, 1.54) is 0 Å². The first kappa shape index (κ1) is 20.0. The van der Waals surface area contributed by atoms with Crippen molar-refractivity contribution in [1.29, 1.82) is 0 Å². The number of nitrogens with zero attached hydrogens (tertiary/aromatic N) is 2. The van der Waals surface area contributed by atoms with Crippen molar-refractivity contribution in [2.24, 2.45) is 0 Å². The minimum Gasteiger partial charge on any atom is -0.481 e. The Hall–Kier alpha value is -2.77. The lowest BCUT2D eigenvalue weighted by molar-refractivity contribution is -0.136. The van der Waals surface area contributed by atoms with Crippen molar-refractivity contribution in [3.63, 3.8) is 0 Å². The second-order valence-electron chi connectivity index (χ2n) is 6.40. The van der Waals surface area contributed by atoms with Crippen LogP contribution in [0.1, 0.15) is 28.6 Å². The number of hydrogen-bond acceptors (Lipinski definition) is 6. The Morgan fingerprint density at radius 3 is 2.57 bits per heavy atom. The normalized spacial score (nSPS) is 10.8. The highest BCUT2D eigenvalue weighted by Gasteiger charge is 2.14. The van der Waals surface area contributed by atoms with Crippen LogP contribution in [0.4, 0.5) is 11.5 Å². The van der Waals surface area contributed by atoms with Gasteiger partial charge in [0.1, 0.15) is 5.82 Å². The largest absolute Gasteiger partial charge is 0.481 e. The minimum atomic E-state index is -0.839. The number of rotatable bonds is 8. The van der Waals surface area contributed by atoms with Crippen molar-refractivity contribution in [3.05, 3.63) is 58.1 Å². The van der Waals surface area contributed by atoms with Gasteiger partial charge in [0, 0.05) is 28.9 Å². The third-order valence-electron chi connectivity index (χ3n) is 4.31. The molecule has 146 valence electrons. The van der Waals surface area contributed by atoms with Gasteiger partial charge in [0.15, 0.2) is 5.82 Å². The quantitative estimate of drug-likeness (QED) is 0.578. The van der Waals surface area contributed by atoms with E-state index in [1.54, 1.807) is 18.4 Å². The number of nitrogens with one attached hydrogen (secondary N) is 1. The molecule has 0 saturated carbocycles. The molecule has 0 spiro atoms. The third-order valence-corrected chi connectivity index (χ3v) is 5.36. The molecule has 2 N–H and O–H groups in total. The summed E-state index contributed by atoms with van der Waals surface area (Å²) in [6.45, 7) is 4.65. The maximum Gasteiger partial charge on any atom is 0.307 e. The maximum atomic E-state index is 10.8. The molecule has 0 radical (unpaired) electrons. The molecule has 0 bridgehead atoms. The Labute approximate surface area is 168 Å². The first-order chi connectivity index (χ1) is 13.5. The molecule has 0 fully saturated rings. The number of anilines is 2. The van der Waals surface area contributed by atoms with Crippen molar-refractivity contribution in [3.8, 4) is 10.7 Å². The fourth-order valence-electron chi connectivity index (χ4n) is 2.97. The SMILES string of the molecule is CCc1c(C)nc(-c2ccc(COC)s2)nc1Nc1ccc(CC(=O)O)cc1. The Bertz CT molecular complexity index is 968. The Kier molecular flexibility index (Phi) is 6.38. The van der Waals surface area contributed by atoms with Crippen LogP contribution in [0, 0.1) is 6.92 Å². The van der Waals surface area contributed by atoms with Crippen LogP contribution in [0.3, 0.4) is 0 Å². The minimum absolute atomic E-state index is 0.0133. The molecule has 3 rings (SSSR count). The molecule has 6 nitrogen and oxygen atoms in total. The predicted octanol–water partition coefficient (Wildman–Crippen LogP) is 4.59. The number of methoxy groups -OCH3 is 1. The van der Waals surface area contributed by atoms with E-state index in [0.717, 1.165) is 44.5 Å². The average Bonchev–Trinajstić information content (AvgIpc) is 3.12. The Morgan fingerprint density at radius 2 is 1.93 bits per heavy atom. The van der Waals surface area contributed by atoms with Gasteiger partial charge < -0.3 is 15.2 Å². The van der Waals surface area contributed by atoms with Gasteiger partial charge in [-0.1, -0.05) is 19.1 Å². The number of aliphatic carboxylic acids is 1. The third kappa shape index (κ3) is 4.74. The fraction of sp³-hybridized carbons (Fsp3) is 0.286. The molecular formula is C21H23N3O3S. The molecule has 3 aromatic rings. The second-order valence-corrected chi connectivity index (χ2v) is 7.57. The molecule has 1 aromatic carbocycles. The summed E-state index contributed by atoms with van der Waals surface area (Å²) in [6, 6.07) is 11.4. The van der Waals surface area contributed by atoms with Crippen LogP contribution in [0.5, 0.6) is 0 Å². The van der Waals surface area contributed by atoms with Gasteiger partial charge in [0.25, 0.3) is 0 Å². The zero-order valence-electron chi connectivity index (χ0n) is 16.2. The first-order valence-corrected chi connectivity index (χ1v) is 9.85. The van der Waals surface area contributed by atoms with Gasteiger partial charge in [-0.3, -0.25) is 4.79 Å². The maximum absolute atomic E-state index is 10.8. The number of aromatic nitrogens is 2. The van der Waals surface area contributed by atoms with Crippen LogP contribution in [-0.2, 0) is 29.0 Å². The van der Waals surface area contributed by atoms with Gasteiger partial charge >= 0.3 is 5.97 Å². The van der Waals surface area contributed by atoms with Crippen LogP contribution in [-0.4, -0.2) is 28.2 Å². The zero-order chi connectivity index (χ0) is 20.1. The van der Waals surface area contributed by atoms with Crippen LogP contribution < -0.4 is 5.32 Å². The van der Waals surface area contributed by atoms with Crippen molar-refractivity contribution in [2.45, 2.75) is 33.3 Å². The van der Waals surface area contributed by atoms with Gasteiger partial charge in [-0.05, 0) is 43.2 Å². The zero-order valence-corrected chi connectivity index (χ0v) is 17.0. The Morgan fingerprint density at radius 1 is 1.18 bits per heavy atom. The van der Waals surface area contributed by atoms with Gasteiger partial charge in [-0.2, -0.15) is 0 Å². The molecule has 2 aromatic heterocycles. The van der Waals surface area contributed by atoms with Gasteiger partial charge in [0.2, 0.25) is 0 Å². The lowest BCUT2D eigenvalue weighted by atomic mass is 10.1. The van der Waals surface area contributed by atoms with Crippen LogP contribution in [0.2, 0.25) is 0 Å². The summed E-state index contributed by atoms with van der Waals surface area (Å²) in [5.74, 6) is 0.624. The smallest absolute Gasteiger partial charge is 0.307 e. The summed E-state index contributed by atoms with van der Waals surface area (Å²) < 4.78 is 5.19. The molecule has 0 atom stereocenters. The topological polar surface area (TPSA) is 84.3 Å². The Balaban J connectivity index is 1.90. The monoisotopic (exact) mass is 397 g/mol. The van der Waals surface area contributed by atoms with Crippen molar-refractivity contribution >= 4 is 28.8 Å². The van der Waals surface area contributed by atoms with E-state index in [-0.39, 0.29) is 6.42 Å². The van der Waals surface area contributed by atoms with Gasteiger partial charge in [-0.25, -0.2) is 9.97 Å². The van der Waals surface area contributed by atoms with Crippen LogP contribution in [0.25, 0.3) is 10.7 Å². The number of hydrogen-bond donors (Lipinski definition) is 2. The molecule has 0 aliphatic rings. The van der Waals surface area contributed by atoms with Gasteiger partial charge in [-0.15, -0.1) is 11.3 Å². The lowest BCUT2D eigenvalue weighted by Gasteiger charge is -2.14.